The van der Waals surface area contributed by atoms with E-state index >= 15 is 0 Å². The third kappa shape index (κ3) is 3.01. The lowest BCUT2D eigenvalue weighted by molar-refractivity contribution is 0.0971. The third-order valence-corrected chi connectivity index (χ3v) is 4.91. The van der Waals surface area contributed by atoms with Crippen LogP contribution in [-0.2, 0) is 6.54 Å². The van der Waals surface area contributed by atoms with Crippen molar-refractivity contribution in [1.29, 1.82) is 0 Å². The molecule has 0 unspecified atom stereocenters. The van der Waals surface area contributed by atoms with Crippen LogP contribution in [0.2, 0.25) is 0 Å². The molecule has 0 aromatic heterocycles. The second-order valence-corrected chi connectivity index (χ2v) is 6.07. The molecule has 0 radical (unpaired) electrons. The van der Waals surface area contributed by atoms with Crippen LogP contribution in [0.15, 0.2) is 18.2 Å². The number of aryl methyl sites for hydroxylation is 2. The number of nitrogens with two attached hydrogens (primary N) is 1. The number of hydrogen-bond acceptors (Lipinski definition) is 2. The second kappa shape index (κ2) is 6.06. The van der Waals surface area contributed by atoms with E-state index in [1.165, 1.54) is 42.4 Å². The van der Waals surface area contributed by atoms with Crippen molar-refractivity contribution in [2.45, 2.75) is 58.5 Å². The number of benzene rings is 1. The van der Waals surface area contributed by atoms with Crippen molar-refractivity contribution < 1.29 is 0 Å². The first-order chi connectivity index (χ1) is 9.11. The molecule has 0 amide bonds. The fourth-order valence-electron chi connectivity index (χ4n) is 3.42. The molecule has 1 aromatic carbocycles. The van der Waals surface area contributed by atoms with E-state index < -0.39 is 0 Å². The van der Waals surface area contributed by atoms with Gasteiger partial charge in [0.2, 0.25) is 0 Å². The lowest BCUT2D eigenvalue weighted by Crippen LogP contribution is -2.51. The molecule has 0 saturated heterocycles. The Balaban J connectivity index is 2.16. The van der Waals surface area contributed by atoms with Crippen molar-refractivity contribution in [3.8, 4) is 0 Å². The van der Waals surface area contributed by atoms with Gasteiger partial charge in [-0.2, -0.15) is 0 Å². The molecule has 2 rings (SSSR count). The Labute approximate surface area is 118 Å². The van der Waals surface area contributed by atoms with Gasteiger partial charge in [-0.1, -0.05) is 38.0 Å². The SMILES string of the molecule is CCN(Cc1ccc(C)c(C)c1)C1(CN)CCCC1. The lowest BCUT2D eigenvalue weighted by atomic mass is 9.94. The van der Waals surface area contributed by atoms with Gasteiger partial charge in [-0.15, -0.1) is 0 Å². The molecule has 106 valence electrons. The van der Waals surface area contributed by atoms with Crippen LogP contribution < -0.4 is 5.73 Å². The van der Waals surface area contributed by atoms with Gasteiger partial charge in [0.15, 0.2) is 0 Å². The Morgan fingerprint density at radius 2 is 1.84 bits per heavy atom. The van der Waals surface area contributed by atoms with Crippen LogP contribution >= 0.6 is 0 Å². The summed E-state index contributed by atoms with van der Waals surface area (Å²) in [5.74, 6) is 0. The highest BCUT2D eigenvalue weighted by atomic mass is 15.2. The van der Waals surface area contributed by atoms with E-state index in [-0.39, 0.29) is 5.54 Å². The molecule has 1 saturated carbocycles. The molecular formula is C17H28N2. The zero-order valence-corrected chi connectivity index (χ0v) is 12.7. The van der Waals surface area contributed by atoms with Crippen LogP contribution in [0.1, 0.15) is 49.3 Å². The van der Waals surface area contributed by atoms with Crippen molar-refractivity contribution in [3.63, 3.8) is 0 Å². The maximum atomic E-state index is 6.11. The van der Waals surface area contributed by atoms with E-state index in [0.29, 0.717) is 0 Å². The summed E-state index contributed by atoms with van der Waals surface area (Å²) in [6.45, 7) is 9.56. The molecule has 0 aliphatic heterocycles. The van der Waals surface area contributed by atoms with Crippen LogP contribution in [-0.4, -0.2) is 23.5 Å². The quantitative estimate of drug-likeness (QED) is 0.879. The summed E-state index contributed by atoms with van der Waals surface area (Å²) < 4.78 is 0. The monoisotopic (exact) mass is 260 g/mol. The fourth-order valence-corrected chi connectivity index (χ4v) is 3.42. The fraction of sp³-hybridized carbons (Fsp3) is 0.647. The Bertz CT molecular complexity index is 419. The molecule has 0 spiro atoms. The van der Waals surface area contributed by atoms with Crippen LogP contribution in [0.5, 0.6) is 0 Å². The minimum absolute atomic E-state index is 0.257. The zero-order valence-electron chi connectivity index (χ0n) is 12.7. The van der Waals surface area contributed by atoms with Gasteiger partial charge in [-0.25, -0.2) is 0 Å². The van der Waals surface area contributed by atoms with Crippen molar-refractivity contribution >= 4 is 0 Å². The smallest absolute Gasteiger partial charge is 0.0335 e. The predicted octanol–water partition coefficient (Wildman–Crippen LogP) is 3.40. The Hall–Kier alpha value is -0.860. The zero-order chi connectivity index (χ0) is 13.9. The van der Waals surface area contributed by atoms with Crippen molar-refractivity contribution in [2.75, 3.05) is 13.1 Å². The van der Waals surface area contributed by atoms with E-state index in [4.69, 9.17) is 5.73 Å². The maximum absolute atomic E-state index is 6.11. The number of nitrogens with zero attached hydrogens (tertiary/aromatic N) is 1. The summed E-state index contributed by atoms with van der Waals surface area (Å²) in [5.41, 5.74) is 10.6. The van der Waals surface area contributed by atoms with Gasteiger partial charge < -0.3 is 5.73 Å². The molecule has 2 heteroatoms. The highest BCUT2D eigenvalue weighted by molar-refractivity contribution is 5.30. The Morgan fingerprint density at radius 1 is 1.16 bits per heavy atom. The summed E-state index contributed by atoms with van der Waals surface area (Å²) in [6, 6.07) is 6.84. The number of rotatable bonds is 5. The van der Waals surface area contributed by atoms with E-state index in [2.05, 4.69) is 43.9 Å². The average Bonchev–Trinajstić information content (AvgIpc) is 2.90. The van der Waals surface area contributed by atoms with Gasteiger partial charge in [0.05, 0.1) is 0 Å². The predicted molar refractivity (Wildman–Crippen MR) is 82.3 cm³/mol. The van der Waals surface area contributed by atoms with Crippen LogP contribution in [0.25, 0.3) is 0 Å². The number of likely N-dealkylation sites (N-methyl/N-ethyl adjacent to an activating group) is 1. The minimum Gasteiger partial charge on any atom is -0.329 e. The summed E-state index contributed by atoms with van der Waals surface area (Å²) in [4.78, 5) is 2.60. The molecule has 2 nitrogen and oxygen atoms in total. The van der Waals surface area contributed by atoms with Crippen molar-refractivity contribution in [1.82, 2.24) is 4.90 Å². The van der Waals surface area contributed by atoms with Gasteiger partial charge in [0.25, 0.3) is 0 Å². The van der Waals surface area contributed by atoms with E-state index in [0.717, 1.165) is 19.6 Å². The molecule has 0 atom stereocenters. The first kappa shape index (κ1) is 14.5. The van der Waals surface area contributed by atoms with Crippen LogP contribution in [0.3, 0.4) is 0 Å². The summed E-state index contributed by atoms with van der Waals surface area (Å²) in [6.07, 6.45) is 5.20. The molecule has 0 heterocycles. The van der Waals surface area contributed by atoms with Gasteiger partial charge in [-0.05, 0) is 49.9 Å². The average molecular weight is 260 g/mol. The normalized spacial score (nSPS) is 18.2. The molecule has 1 fully saturated rings. The highest BCUT2D eigenvalue weighted by Crippen LogP contribution is 2.35. The summed E-state index contributed by atoms with van der Waals surface area (Å²) in [7, 11) is 0. The Morgan fingerprint density at radius 3 is 2.37 bits per heavy atom. The van der Waals surface area contributed by atoms with Gasteiger partial charge in [0.1, 0.15) is 0 Å². The molecule has 1 aromatic rings. The standard InChI is InChI=1S/C17H28N2/c1-4-19(17(13-18)9-5-6-10-17)12-16-8-7-14(2)15(3)11-16/h7-8,11H,4-6,9-10,12-13,18H2,1-3H3. The molecule has 1 aliphatic carbocycles. The maximum Gasteiger partial charge on any atom is 0.0335 e. The Kier molecular flexibility index (Phi) is 4.64. The molecule has 0 bridgehead atoms. The number of hydrogen-bond donors (Lipinski definition) is 1. The third-order valence-electron chi connectivity index (χ3n) is 4.91. The summed E-state index contributed by atoms with van der Waals surface area (Å²) in [5, 5.41) is 0. The summed E-state index contributed by atoms with van der Waals surface area (Å²) >= 11 is 0. The lowest BCUT2D eigenvalue weighted by Gasteiger charge is -2.40. The topological polar surface area (TPSA) is 29.3 Å². The van der Waals surface area contributed by atoms with E-state index in [9.17, 15) is 0 Å². The highest BCUT2D eigenvalue weighted by Gasteiger charge is 2.37. The van der Waals surface area contributed by atoms with Crippen molar-refractivity contribution in [3.05, 3.63) is 34.9 Å². The van der Waals surface area contributed by atoms with E-state index in [1.807, 2.05) is 0 Å². The van der Waals surface area contributed by atoms with Crippen LogP contribution in [0.4, 0.5) is 0 Å². The second-order valence-electron chi connectivity index (χ2n) is 6.07. The first-order valence-corrected chi connectivity index (χ1v) is 7.62. The molecule has 19 heavy (non-hydrogen) atoms. The molecule has 1 aliphatic rings. The van der Waals surface area contributed by atoms with E-state index in [1.54, 1.807) is 0 Å². The molecule has 2 N–H and O–H groups in total. The van der Waals surface area contributed by atoms with Crippen LogP contribution in [0, 0.1) is 13.8 Å². The molecular weight excluding hydrogens is 232 g/mol. The van der Waals surface area contributed by atoms with Gasteiger partial charge in [-0.3, -0.25) is 4.90 Å². The largest absolute Gasteiger partial charge is 0.329 e. The van der Waals surface area contributed by atoms with Crippen molar-refractivity contribution in [2.24, 2.45) is 5.73 Å². The van der Waals surface area contributed by atoms with Gasteiger partial charge >= 0.3 is 0 Å². The first-order valence-electron chi connectivity index (χ1n) is 7.62. The van der Waals surface area contributed by atoms with Gasteiger partial charge in [0, 0.05) is 18.6 Å². The minimum atomic E-state index is 0.257.